The van der Waals surface area contributed by atoms with E-state index < -0.39 is 22.5 Å². The summed E-state index contributed by atoms with van der Waals surface area (Å²) in [7, 11) is -1.13. The van der Waals surface area contributed by atoms with E-state index in [9.17, 15) is 13.2 Å². The van der Waals surface area contributed by atoms with Crippen molar-refractivity contribution in [3.05, 3.63) is 42.5 Å². The van der Waals surface area contributed by atoms with Gasteiger partial charge in [0.15, 0.2) is 0 Å². The number of sulfonamides is 1. The summed E-state index contributed by atoms with van der Waals surface area (Å²) >= 11 is 1.50. The molecule has 0 bridgehead atoms. The maximum absolute atomic E-state index is 13.3. The van der Waals surface area contributed by atoms with Crippen LogP contribution in [0, 0.1) is 0 Å². The van der Waals surface area contributed by atoms with E-state index in [0.717, 1.165) is 9.20 Å². The molecule has 0 N–H and O–H groups in total. The summed E-state index contributed by atoms with van der Waals surface area (Å²) in [5.41, 5.74) is 0.213. The van der Waals surface area contributed by atoms with Gasteiger partial charge in [-0.05, 0) is 49.6 Å². The molecule has 2 rings (SSSR count). The molecule has 0 aliphatic rings. The molecule has 7 nitrogen and oxygen atoms in total. The fourth-order valence-electron chi connectivity index (χ4n) is 2.49. The largest absolute Gasteiger partial charge is 0.497 e. The van der Waals surface area contributed by atoms with Gasteiger partial charge >= 0.3 is 5.97 Å². The van der Waals surface area contributed by atoms with Crippen molar-refractivity contribution in [2.45, 2.75) is 16.7 Å². The van der Waals surface area contributed by atoms with Gasteiger partial charge in [0.05, 0.1) is 31.4 Å². The third-order valence-electron chi connectivity index (χ3n) is 3.88. The Morgan fingerprint density at radius 1 is 1.07 bits per heavy atom. The van der Waals surface area contributed by atoms with E-state index in [4.69, 9.17) is 14.2 Å². The van der Waals surface area contributed by atoms with Crippen LogP contribution in [0.4, 0.5) is 5.69 Å². The summed E-state index contributed by atoms with van der Waals surface area (Å²) < 4.78 is 43.1. The quantitative estimate of drug-likeness (QED) is 0.451. The van der Waals surface area contributed by atoms with Gasteiger partial charge in [0.1, 0.15) is 18.0 Å². The average Bonchev–Trinajstić information content (AvgIpc) is 2.71. The van der Waals surface area contributed by atoms with Crippen LogP contribution in [0.25, 0.3) is 0 Å². The van der Waals surface area contributed by atoms with Crippen molar-refractivity contribution >= 4 is 33.4 Å². The highest BCUT2D eigenvalue weighted by molar-refractivity contribution is 7.98. The maximum Gasteiger partial charge on any atom is 0.326 e. The van der Waals surface area contributed by atoms with Gasteiger partial charge in [-0.1, -0.05) is 0 Å². The molecule has 0 aliphatic heterocycles. The van der Waals surface area contributed by atoms with Crippen LogP contribution in [0.2, 0.25) is 0 Å². The molecule has 0 fully saturated rings. The number of esters is 1. The predicted molar refractivity (Wildman–Crippen MR) is 109 cm³/mol. The van der Waals surface area contributed by atoms with E-state index in [1.807, 2.05) is 6.26 Å². The molecular formula is C19H23NO6S2. The second-order valence-corrected chi connectivity index (χ2v) is 8.27. The molecule has 0 saturated carbocycles. The lowest BCUT2D eigenvalue weighted by Crippen LogP contribution is -2.36. The van der Waals surface area contributed by atoms with Crippen LogP contribution in [-0.2, 0) is 19.6 Å². The van der Waals surface area contributed by atoms with Gasteiger partial charge in [0.25, 0.3) is 10.0 Å². The molecule has 0 heterocycles. The Morgan fingerprint density at radius 2 is 1.75 bits per heavy atom. The van der Waals surface area contributed by atoms with Crippen molar-refractivity contribution in [3.63, 3.8) is 0 Å². The van der Waals surface area contributed by atoms with Gasteiger partial charge in [-0.3, -0.25) is 9.10 Å². The first-order valence-electron chi connectivity index (χ1n) is 8.41. The van der Waals surface area contributed by atoms with E-state index in [-0.39, 0.29) is 22.9 Å². The Labute approximate surface area is 169 Å². The summed E-state index contributed by atoms with van der Waals surface area (Å²) in [6, 6.07) is 11.1. The fourth-order valence-corrected chi connectivity index (χ4v) is 4.32. The van der Waals surface area contributed by atoms with Crippen LogP contribution >= 0.6 is 11.8 Å². The molecule has 2 aromatic carbocycles. The number of methoxy groups -OCH3 is 2. The summed E-state index contributed by atoms with van der Waals surface area (Å²) in [6.45, 7) is 1.32. The minimum absolute atomic E-state index is 0.0625. The highest BCUT2D eigenvalue weighted by Gasteiger charge is 2.30. The number of anilines is 1. The van der Waals surface area contributed by atoms with Crippen molar-refractivity contribution in [1.29, 1.82) is 0 Å². The Bertz CT molecular complexity index is 913. The molecule has 28 heavy (non-hydrogen) atoms. The van der Waals surface area contributed by atoms with Crippen molar-refractivity contribution in [3.8, 4) is 11.5 Å². The van der Waals surface area contributed by atoms with Crippen molar-refractivity contribution in [2.75, 3.05) is 37.9 Å². The minimum atomic E-state index is -4.04. The summed E-state index contributed by atoms with van der Waals surface area (Å²) in [5.74, 6) is 0.0936. The summed E-state index contributed by atoms with van der Waals surface area (Å²) in [4.78, 5) is 13.1. The third kappa shape index (κ3) is 4.90. The molecule has 0 saturated heterocycles. The molecular weight excluding hydrogens is 402 g/mol. The molecule has 0 aliphatic carbocycles. The number of carbonyl (C=O) groups is 1. The van der Waals surface area contributed by atoms with Gasteiger partial charge in [-0.2, -0.15) is 0 Å². The Kier molecular flexibility index (Phi) is 7.59. The van der Waals surface area contributed by atoms with E-state index in [2.05, 4.69) is 0 Å². The minimum Gasteiger partial charge on any atom is -0.497 e. The second kappa shape index (κ2) is 9.70. The molecule has 0 radical (unpaired) electrons. The third-order valence-corrected chi connectivity index (χ3v) is 6.40. The zero-order chi connectivity index (χ0) is 20.7. The fraction of sp³-hybridized carbons (Fsp3) is 0.316. The maximum atomic E-state index is 13.3. The number of hydrogen-bond acceptors (Lipinski definition) is 7. The zero-order valence-electron chi connectivity index (χ0n) is 16.2. The van der Waals surface area contributed by atoms with E-state index in [1.54, 1.807) is 31.2 Å². The van der Waals surface area contributed by atoms with E-state index >= 15 is 0 Å². The lowest BCUT2D eigenvalue weighted by molar-refractivity contribution is -0.141. The first-order chi connectivity index (χ1) is 13.4. The number of carbonyl (C=O) groups excluding carboxylic acids is 1. The normalized spacial score (nSPS) is 11.0. The lowest BCUT2D eigenvalue weighted by Gasteiger charge is -2.25. The number of nitrogens with zero attached hydrogens (tertiary/aromatic N) is 1. The van der Waals surface area contributed by atoms with Crippen LogP contribution in [0.15, 0.2) is 52.3 Å². The number of ether oxygens (including phenoxy) is 3. The summed E-state index contributed by atoms with van der Waals surface area (Å²) in [5, 5.41) is 0. The van der Waals surface area contributed by atoms with E-state index in [1.165, 1.54) is 44.2 Å². The molecule has 0 spiro atoms. The first-order valence-corrected chi connectivity index (χ1v) is 11.1. The number of thioether (sulfide) groups is 1. The van der Waals surface area contributed by atoms with Crippen LogP contribution in [0.5, 0.6) is 11.5 Å². The Balaban J connectivity index is 2.56. The number of benzene rings is 2. The van der Waals surface area contributed by atoms with Crippen LogP contribution in [0.1, 0.15) is 6.92 Å². The number of hydrogen-bond donors (Lipinski definition) is 0. The van der Waals surface area contributed by atoms with Crippen molar-refractivity contribution in [1.82, 2.24) is 0 Å². The SMILES string of the molecule is CCOC(=O)CN(c1ccc(OC)cc1OC)S(=O)(=O)c1ccc(SC)cc1. The number of rotatable bonds is 9. The molecule has 0 unspecified atom stereocenters. The monoisotopic (exact) mass is 425 g/mol. The molecule has 152 valence electrons. The van der Waals surface area contributed by atoms with Gasteiger partial charge < -0.3 is 14.2 Å². The van der Waals surface area contributed by atoms with Gasteiger partial charge in [0, 0.05) is 11.0 Å². The van der Waals surface area contributed by atoms with Crippen LogP contribution in [-0.4, -0.2) is 48.0 Å². The zero-order valence-corrected chi connectivity index (χ0v) is 17.8. The molecule has 2 aromatic rings. The molecule has 0 amide bonds. The average molecular weight is 426 g/mol. The lowest BCUT2D eigenvalue weighted by atomic mass is 10.2. The summed E-state index contributed by atoms with van der Waals surface area (Å²) in [6.07, 6.45) is 1.90. The Hall–Kier alpha value is -2.39. The van der Waals surface area contributed by atoms with Gasteiger partial charge in [-0.25, -0.2) is 8.42 Å². The Morgan fingerprint density at radius 3 is 2.29 bits per heavy atom. The van der Waals surface area contributed by atoms with Crippen LogP contribution < -0.4 is 13.8 Å². The topological polar surface area (TPSA) is 82.1 Å². The van der Waals surface area contributed by atoms with Crippen molar-refractivity contribution in [2.24, 2.45) is 0 Å². The highest BCUT2D eigenvalue weighted by Crippen LogP contribution is 2.35. The van der Waals surface area contributed by atoms with Gasteiger partial charge in [-0.15, -0.1) is 11.8 Å². The molecule has 0 aromatic heterocycles. The first kappa shape index (κ1) is 21.9. The molecule has 0 atom stereocenters. The standard InChI is InChI=1S/C19H23NO6S2/c1-5-26-19(21)13-20(17-11-6-14(24-2)12-18(17)25-3)28(22,23)16-9-7-15(27-4)8-10-16/h6-12H,5,13H2,1-4H3. The molecule has 9 heteroatoms. The second-order valence-electron chi connectivity index (χ2n) is 5.53. The predicted octanol–water partition coefficient (Wildman–Crippen LogP) is 3.18. The van der Waals surface area contributed by atoms with Crippen LogP contribution in [0.3, 0.4) is 0 Å². The highest BCUT2D eigenvalue weighted by atomic mass is 32.2. The smallest absolute Gasteiger partial charge is 0.326 e. The van der Waals surface area contributed by atoms with Gasteiger partial charge in [0.2, 0.25) is 0 Å². The van der Waals surface area contributed by atoms with E-state index in [0.29, 0.717) is 5.75 Å². The van der Waals surface area contributed by atoms with Crippen molar-refractivity contribution < 1.29 is 27.4 Å².